The molecular formula is C17H27N3O. The molecule has 0 saturated carbocycles. The van der Waals surface area contributed by atoms with E-state index in [0.717, 1.165) is 25.2 Å². The normalized spacial score (nSPS) is 23.3. The molecule has 2 N–H and O–H groups in total. The van der Waals surface area contributed by atoms with E-state index < -0.39 is 0 Å². The van der Waals surface area contributed by atoms with Gasteiger partial charge in [0.25, 0.3) is 0 Å². The lowest BCUT2D eigenvalue weighted by molar-refractivity contribution is -0.120. The highest BCUT2D eigenvalue weighted by Crippen LogP contribution is 2.19. The van der Waals surface area contributed by atoms with Crippen molar-refractivity contribution >= 4 is 11.6 Å². The summed E-state index contributed by atoms with van der Waals surface area (Å²) in [6.07, 6.45) is 1.05. The summed E-state index contributed by atoms with van der Waals surface area (Å²) in [5.74, 6) is 0.711. The van der Waals surface area contributed by atoms with Crippen molar-refractivity contribution in [3.63, 3.8) is 0 Å². The van der Waals surface area contributed by atoms with Crippen molar-refractivity contribution in [2.24, 2.45) is 11.7 Å². The summed E-state index contributed by atoms with van der Waals surface area (Å²) >= 11 is 0. The average Bonchev–Trinajstić information content (AvgIpc) is 2.38. The van der Waals surface area contributed by atoms with Crippen LogP contribution in [0.2, 0.25) is 0 Å². The van der Waals surface area contributed by atoms with E-state index in [2.05, 4.69) is 25.7 Å². The summed E-state index contributed by atoms with van der Waals surface area (Å²) in [7, 11) is 0. The quantitative estimate of drug-likeness (QED) is 0.923. The highest BCUT2D eigenvalue weighted by atomic mass is 16.2. The zero-order valence-corrected chi connectivity index (χ0v) is 13.3. The maximum Gasteiger partial charge on any atom is 0.241 e. The van der Waals surface area contributed by atoms with Crippen molar-refractivity contribution in [2.45, 2.75) is 39.3 Å². The Balaban J connectivity index is 2.06. The lowest BCUT2D eigenvalue weighted by atomic mass is 9.96. The second-order valence-electron chi connectivity index (χ2n) is 6.49. The van der Waals surface area contributed by atoms with Crippen LogP contribution in [-0.4, -0.2) is 42.5 Å². The fraction of sp³-hybridized carbons (Fsp3) is 0.588. The standard InChI is InChI=1S/C17H27N3O/c1-13(2)20(16-7-5-4-6-8-16)17(21)12-19-10-14(3)9-15(18)11-19/h4-8,13-15H,9-12,18H2,1-3H3. The van der Waals surface area contributed by atoms with E-state index in [4.69, 9.17) is 5.73 Å². The minimum absolute atomic E-state index is 0.149. The summed E-state index contributed by atoms with van der Waals surface area (Å²) in [6.45, 7) is 8.53. The molecule has 2 rings (SSSR count). The number of carbonyl (C=O) groups excluding carboxylic acids is 1. The first-order valence-corrected chi connectivity index (χ1v) is 7.82. The zero-order chi connectivity index (χ0) is 15.4. The highest BCUT2D eigenvalue weighted by Gasteiger charge is 2.26. The first-order chi connectivity index (χ1) is 9.97. The summed E-state index contributed by atoms with van der Waals surface area (Å²) in [6, 6.07) is 10.2. The summed E-state index contributed by atoms with van der Waals surface area (Å²) in [5.41, 5.74) is 7.04. The largest absolute Gasteiger partial charge is 0.327 e. The van der Waals surface area contributed by atoms with Gasteiger partial charge in [0.1, 0.15) is 0 Å². The van der Waals surface area contributed by atoms with Crippen molar-refractivity contribution in [3.05, 3.63) is 30.3 Å². The highest BCUT2D eigenvalue weighted by molar-refractivity contribution is 5.95. The van der Waals surface area contributed by atoms with Gasteiger partial charge >= 0.3 is 0 Å². The number of para-hydroxylation sites is 1. The average molecular weight is 289 g/mol. The Hall–Kier alpha value is -1.39. The summed E-state index contributed by atoms with van der Waals surface area (Å²) in [5, 5.41) is 0. The number of carbonyl (C=O) groups is 1. The third-order valence-corrected chi connectivity index (χ3v) is 3.95. The first kappa shape index (κ1) is 16.0. The molecule has 1 saturated heterocycles. The van der Waals surface area contributed by atoms with Crippen LogP contribution in [0, 0.1) is 5.92 Å². The predicted octanol–water partition coefficient (Wildman–Crippen LogP) is 2.10. The molecule has 116 valence electrons. The molecule has 0 aromatic heterocycles. The van der Waals surface area contributed by atoms with Crippen molar-refractivity contribution in [1.82, 2.24) is 4.90 Å². The molecule has 1 fully saturated rings. The van der Waals surface area contributed by atoms with Crippen molar-refractivity contribution in [3.8, 4) is 0 Å². The van der Waals surface area contributed by atoms with E-state index >= 15 is 0 Å². The fourth-order valence-corrected chi connectivity index (χ4v) is 3.23. The van der Waals surface area contributed by atoms with Crippen LogP contribution in [0.4, 0.5) is 5.69 Å². The summed E-state index contributed by atoms with van der Waals surface area (Å²) < 4.78 is 0. The van der Waals surface area contributed by atoms with Gasteiger partial charge in [0.05, 0.1) is 6.54 Å². The van der Waals surface area contributed by atoms with Crippen LogP contribution in [0.1, 0.15) is 27.2 Å². The molecular weight excluding hydrogens is 262 g/mol. The van der Waals surface area contributed by atoms with Crippen LogP contribution in [-0.2, 0) is 4.79 Å². The molecule has 2 atom stereocenters. The van der Waals surface area contributed by atoms with Crippen LogP contribution in [0.15, 0.2) is 30.3 Å². The van der Waals surface area contributed by atoms with Gasteiger partial charge in [0, 0.05) is 30.9 Å². The predicted molar refractivity (Wildman–Crippen MR) is 87.3 cm³/mol. The number of rotatable bonds is 4. The van der Waals surface area contributed by atoms with Gasteiger partial charge in [-0.1, -0.05) is 25.1 Å². The Morgan fingerprint density at radius 1 is 1.33 bits per heavy atom. The Labute approximate surface area is 127 Å². The molecule has 4 nitrogen and oxygen atoms in total. The van der Waals surface area contributed by atoms with Crippen LogP contribution in [0.5, 0.6) is 0 Å². The van der Waals surface area contributed by atoms with Gasteiger partial charge in [0.2, 0.25) is 5.91 Å². The zero-order valence-electron chi connectivity index (χ0n) is 13.3. The molecule has 0 spiro atoms. The van der Waals surface area contributed by atoms with E-state index in [1.165, 1.54) is 0 Å². The first-order valence-electron chi connectivity index (χ1n) is 7.82. The molecule has 4 heteroatoms. The smallest absolute Gasteiger partial charge is 0.241 e. The number of likely N-dealkylation sites (tertiary alicyclic amines) is 1. The van der Waals surface area contributed by atoms with Gasteiger partial charge in [-0.25, -0.2) is 0 Å². The minimum atomic E-state index is 0.149. The van der Waals surface area contributed by atoms with Gasteiger partial charge in [-0.15, -0.1) is 0 Å². The van der Waals surface area contributed by atoms with E-state index in [0.29, 0.717) is 12.5 Å². The Kier molecular flexibility index (Phi) is 5.37. The third kappa shape index (κ3) is 4.29. The number of benzene rings is 1. The summed E-state index contributed by atoms with van der Waals surface area (Å²) in [4.78, 5) is 16.8. The molecule has 1 aliphatic rings. The van der Waals surface area contributed by atoms with E-state index in [-0.39, 0.29) is 18.0 Å². The maximum absolute atomic E-state index is 12.7. The lowest BCUT2D eigenvalue weighted by Gasteiger charge is -2.36. The maximum atomic E-state index is 12.7. The number of piperidine rings is 1. The molecule has 1 aromatic rings. The van der Waals surface area contributed by atoms with E-state index in [1.54, 1.807) is 0 Å². The molecule has 0 aliphatic carbocycles. The van der Waals surface area contributed by atoms with Crippen molar-refractivity contribution < 1.29 is 4.79 Å². The molecule has 0 radical (unpaired) electrons. The molecule has 2 unspecified atom stereocenters. The van der Waals surface area contributed by atoms with Gasteiger partial charge in [-0.3, -0.25) is 9.69 Å². The van der Waals surface area contributed by atoms with Crippen molar-refractivity contribution in [1.29, 1.82) is 0 Å². The molecule has 1 heterocycles. The number of hydrogen-bond donors (Lipinski definition) is 1. The van der Waals surface area contributed by atoms with Crippen LogP contribution >= 0.6 is 0 Å². The SMILES string of the molecule is CC1CC(N)CN(CC(=O)N(c2ccccc2)C(C)C)C1. The van der Waals surface area contributed by atoms with E-state index in [9.17, 15) is 4.79 Å². The van der Waals surface area contributed by atoms with Gasteiger partial charge in [-0.2, -0.15) is 0 Å². The molecule has 1 aliphatic heterocycles. The Morgan fingerprint density at radius 3 is 2.57 bits per heavy atom. The fourth-order valence-electron chi connectivity index (χ4n) is 3.23. The molecule has 21 heavy (non-hydrogen) atoms. The second-order valence-corrected chi connectivity index (χ2v) is 6.49. The second kappa shape index (κ2) is 7.05. The Bertz CT molecular complexity index is 450. The topological polar surface area (TPSA) is 49.6 Å². The molecule has 1 amide bonds. The van der Waals surface area contributed by atoms with E-state index in [1.807, 2.05) is 35.2 Å². The van der Waals surface area contributed by atoms with Crippen LogP contribution < -0.4 is 10.6 Å². The number of hydrogen-bond acceptors (Lipinski definition) is 3. The van der Waals surface area contributed by atoms with Crippen LogP contribution in [0.3, 0.4) is 0 Å². The molecule has 0 bridgehead atoms. The lowest BCUT2D eigenvalue weighted by Crippen LogP contribution is -2.51. The van der Waals surface area contributed by atoms with Gasteiger partial charge in [-0.05, 0) is 38.3 Å². The monoisotopic (exact) mass is 289 g/mol. The minimum Gasteiger partial charge on any atom is -0.327 e. The van der Waals surface area contributed by atoms with Gasteiger partial charge in [0.15, 0.2) is 0 Å². The number of nitrogens with two attached hydrogens (primary N) is 1. The van der Waals surface area contributed by atoms with Crippen molar-refractivity contribution in [2.75, 3.05) is 24.5 Å². The number of nitrogens with zero attached hydrogens (tertiary/aromatic N) is 2. The van der Waals surface area contributed by atoms with Gasteiger partial charge < -0.3 is 10.6 Å². The Morgan fingerprint density at radius 2 is 2.00 bits per heavy atom. The number of anilines is 1. The van der Waals surface area contributed by atoms with Crippen LogP contribution in [0.25, 0.3) is 0 Å². The third-order valence-electron chi connectivity index (χ3n) is 3.95. The molecule has 1 aromatic carbocycles. The number of amides is 1.